The Morgan fingerprint density at radius 3 is 2.48 bits per heavy atom. The summed E-state index contributed by atoms with van der Waals surface area (Å²) in [7, 11) is 0. The number of nitrogens with one attached hydrogen (secondary N) is 1. The van der Waals surface area contributed by atoms with Crippen molar-refractivity contribution in [3.63, 3.8) is 0 Å². The van der Waals surface area contributed by atoms with Crippen molar-refractivity contribution in [3.8, 4) is 0 Å². The molecule has 0 atom stereocenters. The molecule has 0 saturated heterocycles. The zero-order chi connectivity index (χ0) is 15.3. The van der Waals surface area contributed by atoms with Crippen LogP contribution >= 0.6 is 0 Å². The smallest absolute Gasteiger partial charge is 0.188 e. The topological polar surface area (TPSA) is 59.6 Å². The minimum absolute atomic E-state index is 0.532. The zero-order valence-electron chi connectivity index (χ0n) is 13.4. The van der Waals surface area contributed by atoms with Gasteiger partial charge in [-0.15, -0.1) is 0 Å². The predicted molar refractivity (Wildman–Crippen MR) is 89.2 cm³/mol. The second kappa shape index (κ2) is 11.1. The maximum Gasteiger partial charge on any atom is 0.188 e. The number of guanidine groups is 1. The molecule has 0 aromatic heterocycles. The summed E-state index contributed by atoms with van der Waals surface area (Å²) in [6, 6.07) is 8.31. The molecule has 4 heteroatoms. The van der Waals surface area contributed by atoms with Crippen LogP contribution in [0, 0.1) is 0 Å². The molecule has 1 aromatic rings. The third-order valence-corrected chi connectivity index (χ3v) is 3.26. The molecule has 0 amide bonds. The number of rotatable bonds is 10. The first kappa shape index (κ1) is 17.5. The van der Waals surface area contributed by atoms with Crippen molar-refractivity contribution in [2.75, 3.05) is 13.2 Å². The Bertz CT molecular complexity index is 401. The predicted octanol–water partition coefficient (Wildman–Crippen LogP) is 3.21. The highest BCUT2D eigenvalue weighted by Gasteiger charge is 1.96. The molecule has 0 heterocycles. The Morgan fingerprint density at radius 2 is 1.81 bits per heavy atom. The molecule has 3 N–H and O–H groups in total. The first-order valence-electron chi connectivity index (χ1n) is 7.95. The van der Waals surface area contributed by atoms with Crippen LogP contribution in [0.25, 0.3) is 0 Å². The summed E-state index contributed by atoms with van der Waals surface area (Å²) in [5.41, 5.74) is 8.20. The molecular weight excluding hydrogens is 262 g/mol. The highest BCUT2D eigenvalue weighted by Crippen LogP contribution is 2.07. The van der Waals surface area contributed by atoms with Gasteiger partial charge in [-0.1, -0.05) is 50.5 Å². The maximum absolute atomic E-state index is 5.85. The van der Waals surface area contributed by atoms with Crippen LogP contribution < -0.4 is 11.1 Å². The largest absolute Gasteiger partial charge is 0.377 e. The van der Waals surface area contributed by atoms with Crippen LogP contribution in [0.4, 0.5) is 0 Å². The van der Waals surface area contributed by atoms with Crippen molar-refractivity contribution < 1.29 is 4.74 Å². The molecule has 0 fully saturated rings. The molecule has 21 heavy (non-hydrogen) atoms. The number of hydrogen-bond acceptors (Lipinski definition) is 2. The second-order valence-corrected chi connectivity index (χ2v) is 5.14. The Kier molecular flexibility index (Phi) is 9.29. The third kappa shape index (κ3) is 8.35. The van der Waals surface area contributed by atoms with E-state index in [1.54, 1.807) is 0 Å². The van der Waals surface area contributed by atoms with Gasteiger partial charge in [0.25, 0.3) is 0 Å². The molecule has 0 saturated carbocycles. The highest BCUT2D eigenvalue weighted by molar-refractivity contribution is 5.77. The normalized spacial score (nSPS) is 11.6. The van der Waals surface area contributed by atoms with Gasteiger partial charge in [-0.3, -0.25) is 0 Å². The molecule has 0 bridgehead atoms. The van der Waals surface area contributed by atoms with E-state index in [-0.39, 0.29) is 0 Å². The van der Waals surface area contributed by atoms with Crippen molar-refractivity contribution >= 4 is 5.96 Å². The van der Waals surface area contributed by atoms with Gasteiger partial charge >= 0.3 is 0 Å². The first-order valence-corrected chi connectivity index (χ1v) is 7.95. The monoisotopic (exact) mass is 291 g/mol. The van der Waals surface area contributed by atoms with Gasteiger partial charge in [-0.05, 0) is 24.5 Å². The second-order valence-electron chi connectivity index (χ2n) is 5.14. The molecule has 0 unspecified atom stereocenters. The summed E-state index contributed by atoms with van der Waals surface area (Å²) in [5, 5.41) is 3.16. The fourth-order valence-electron chi connectivity index (χ4n) is 1.96. The van der Waals surface area contributed by atoms with Crippen LogP contribution in [0.3, 0.4) is 0 Å². The van der Waals surface area contributed by atoms with E-state index >= 15 is 0 Å². The van der Waals surface area contributed by atoms with Gasteiger partial charge in [0.15, 0.2) is 5.96 Å². The number of hydrogen-bond donors (Lipinski definition) is 2. The average Bonchev–Trinajstić information content (AvgIpc) is 2.51. The quantitative estimate of drug-likeness (QED) is 0.395. The number of ether oxygens (including phenoxy) is 1. The average molecular weight is 291 g/mol. The Morgan fingerprint density at radius 1 is 1.10 bits per heavy atom. The molecule has 0 radical (unpaired) electrons. The van der Waals surface area contributed by atoms with Crippen LogP contribution in [0.15, 0.2) is 29.3 Å². The Hall–Kier alpha value is -1.55. The molecule has 0 aliphatic heterocycles. The Labute approximate surface area is 128 Å². The lowest BCUT2D eigenvalue weighted by Crippen LogP contribution is -2.32. The lowest BCUT2D eigenvalue weighted by atomic mass is 10.1. The van der Waals surface area contributed by atoms with Gasteiger partial charge in [0, 0.05) is 13.2 Å². The van der Waals surface area contributed by atoms with Gasteiger partial charge in [-0.25, -0.2) is 4.99 Å². The summed E-state index contributed by atoms with van der Waals surface area (Å²) in [6.07, 6.45) is 4.93. The number of unbranched alkanes of at least 4 members (excludes halogenated alkanes) is 3. The molecule has 0 spiro atoms. The number of nitrogens with two attached hydrogens (primary N) is 1. The van der Waals surface area contributed by atoms with E-state index in [2.05, 4.69) is 41.5 Å². The van der Waals surface area contributed by atoms with Crippen molar-refractivity contribution in [2.24, 2.45) is 10.7 Å². The van der Waals surface area contributed by atoms with E-state index in [1.807, 2.05) is 6.92 Å². The summed E-state index contributed by atoms with van der Waals surface area (Å²) in [6.45, 7) is 7.14. The Balaban J connectivity index is 2.27. The highest BCUT2D eigenvalue weighted by atomic mass is 16.5. The summed E-state index contributed by atoms with van der Waals surface area (Å²) in [5.74, 6) is 0.532. The van der Waals surface area contributed by atoms with Gasteiger partial charge in [0.2, 0.25) is 0 Å². The van der Waals surface area contributed by atoms with Crippen LogP contribution in [0.5, 0.6) is 0 Å². The molecular formula is C17H29N3O. The lowest BCUT2D eigenvalue weighted by molar-refractivity contribution is 0.134. The van der Waals surface area contributed by atoms with Crippen LogP contribution in [-0.2, 0) is 17.9 Å². The number of benzene rings is 1. The van der Waals surface area contributed by atoms with Crippen molar-refractivity contribution in [2.45, 2.75) is 52.7 Å². The minimum Gasteiger partial charge on any atom is -0.377 e. The SMILES string of the molecule is CCCCCCNC(N)=NCc1ccc(COCC)cc1. The van der Waals surface area contributed by atoms with E-state index < -0.39 is 0 Å². The fraction of sp³-hybridized carbons (Fsp3) is 0.588. The van der Waals surface area contributed by atoms with Gasteiger partial charge in [0.05, 0.1) is 13.2 Å². The van der Waals surface area contributed by atoms with Crippen molar-refractivity contribution in [3.05, 3.63) is 35.4 Å². The lowest BCUT2D eigenvalue weighted by Gasteiger charge is -2.06. The summed E-state index contributed by atoms with van der Waals surface area (Å²) in [4.78, 5) is 4.36. The van der Waals surface area contributed by atoms with E-state index in [4.69, 9.17) is 10.5 Å². The standard InChI is InChI=1S/C17H29N3O/c1-3-5-6-7-12-19-17(18)20-13-15-8-10-16(11-9-15)14-21-4-2/h8-11H,3-7,12-14H2,1-2H3,(H3,18,19,20). The first-order chi connectivity index (χ1) is 10.3. The van der Waals surface area contributed by atoms with Gasteiger partial charge in [0.1, 0.15) is 0 Å². The fourth-order valence-corrected chi connectivity index (χ4v) is 1.96. The van der Waals surface area contributed by atoms with Crippen LogP contribution in [0.1, 0.15) is 50.7 Å². The molecule has 4 nitrogen and oxygen atoms in total. The zero-order valence-corrected chi connectivity index (χ0v) is 13.4. The van der Waals surface area contributed by atoms with E-state index in [0.717, 1.165) is 25.1 Å². The van der Waals surface area contributed by atoms with Gasteiger partial charge in [-0.2, -0.15) is 0 Å². The molecule has 0 aliphatic carbocycles. The summed E-state index contributed by atoms with van der Waals surface area (Å²) < 4.78 is 5.37. The minimum atomic E-state index is 0.532. The summed E-state index contributed by atoms with van der Waals surface area (Å²) >= 11 is 0. The molecule has 1 rings (SSSR count). The van der Waals surface area contributed by atoms with Crippen molar-refractivity contribution in [1.82, 2.24) is 5.32 Å². The van der Waals surface area contributed by atoms with Crippen LogP contribution in [-0.4, -0.2) is 19.1 Å². The van der Waals surface area contributed by atoms with Crippen LogP contribution in [0.2, 0.25) is 0 Å². The molecule has 118 valence electrons. The molecule has 0 aliphatic rings. The third-order valence-electron chi connectivity index (χ3n) is 3.26. The van der Waals surface area contributed by atoms with Gasteiger partial charge < -0.3 is 15.8 Å². The van der Waals surface area contributed by atoms with Crippen molar-refractivity contribution in [1.29, 1.82) is 0 Å². The number of aliphatic imine (C=N–C) groups is 1. The van der Waals surface area contributed by atoms with E-state index in [1.165, 1.54) is 24.8 Å². The number of nitrogens with zero attached hydrogens (tertiary/aromatic N) is 1. The molecule has 1 aromatic carbocycles. The maximum atomic E-state index is 5.85. The van der Waals surface area contributed by atoms with E-state index in [9.17, 15) is 0 Å². The van der Waals surface area contributed by atoms with E-state index in [0.29, 0.717) is 19.1 Å².